The third kappa shape index (κ3) is 6.02. The number of nitrogens with one attached hydrogen (secondary N) is 2. The van der Waals surface area contributed by atoms with Crippen molar-refractivity contribution in [3.63, 3.8) is 0 Å². The molecule has 2 N–H and O–H groups in total. The molecule has 222 valence electrons. The highest BCUT2D eigenvalue weighted by molar-refractivity contribution is 5.92. The minimum atomic E-state index is -4.58. The number of hydrogen-bond acceptors (Lipinski definition) is 6. The van der Waals surface area contributed by atoms with Gasteiger partial charge in [-0.1, -0.05) is 6.07 Å². The summed E-state index contributed by atoms with van der Waals surface area (Å²) in [6.45, 7) is 1.77. The van der Waals surface area contributed by atoms with Crippen molar-refractivity contribution in [2.75, 3.05) is 20.3 Å². The monoisotopic (exact) mass is 580 g/mol. The van der Waals surface area contributed by atoms with Crippen LogP contribution in [0.25, 0.3) is 11.1 Å². The normalized spacial score (nSPS) is 23.0. The average molecular weight is 581 g/mol. The quantitative estimate of drug-likeness (QED) is 0.355. The van der Waals surface area contributed by atoms with Gasteiger partial charge in [-0.25, -0.2) is 14.2 Å². The van der Waals surface area contributed by atoms with Gasteiger partial charge in [-0.2, -0.15) is 18.3 Å². The number of benzene rings is 1. The summed E-state index contributed by atoms with van der Waals surface area (Å²) >= 11 is 0. The van der Waals surface area contributed by atoms with Crippen molar-refractivity contribution in [3.8, 4) is 0 Å². The van der Waals surface area contributed by atoms with E-state index >= 15 is 0 Å². The fourth-order valence-corrected chi connectivity index (χ4v) is 5.62. The van der Waals surface area contributed by atoms with E-state index in [2.05, 4.69) is 15.4 Å². The number of amides is 3. The second kappa shape index (κ2) is 11.7. The Morgan fingerprint density at radius 3 is 2.66 bits per heavy atom. The minimum Gasteiger partial charge on any atom is -0.438 e. The summed E-state index contributed by atoms with van der Waals surface area (Å²) in [5.74, 6) is -0.237. The fourth-order valence-electron chi connectivity index (χ4n) is 5.62. The Bertz CT molecular complexity index is 1380. The van der Waals surface area contributed by atoms with Crippen molar-refractivity contribution in [1.82, 2.24) is 30.3 Å². The number of hydrogen-bond donors (Lipinski definition) is 2. The summed E-state index contributed by atoms with van der Waals surface area (Å²) in [5.41, 5.74) is 1.69. The van der Waals surface area contributed by atoms with Crippen LogP contribution in [0.15, 0.2) is 34.9 Å². The number of urea groups is 1. The molecule has 2 aromatic heterocycles. The molecule has 5 rings (SSSR count). The Hall–Kier alpha value is -3.68. The van der Waals surface area contributed by atoms with Crippen molar-refractivity contribution in [3.05, 3.63) is 47.6 Å². The maximum Gasteiger partial charge on any atom is 0.410 e. The molecule has 0 bridgehead atoms. The molecule has 3 aromatic rings. The van der Waals surface area contributed by atoms with Crippen molar-refractivity contribution in [2.45, 2.75) is 69.6 Å². The van der Waals surface area contributed by atoms with Gasteiger partial charge in [0.15, 0.2) is 5.58 Å². The van der Waals surface area contributed by atoms with E-state index in [1.165, 1.54) is 13.3 Å². The summed E-state index contributed by atoms with van der Waals surface area (Å²) < 4.78 is 66.7. The molecule has 3 amide bonds. The zero-order valence-electron chi connectivity index (χ0n) is 22.7. The predicted octanol–water partition coefficient (Wildman–Crippen LogP) is 4.69. The molecular weight excluding hydrogens is 548 g/mol. The van der Waals surface area contributed by atoms with Crippen LogP contribution in [-0.2, 0) is 11.3 Å². The van der Waals surface area contributed by atoms with Crippen molar-refractivity contribution < 1.29 is 36.3 Å². The fraction of sp³-hybridized carbons (Fsp3) is 0.556. The molecule has 1 aliphatic carbocycles. The van der Waals surface area contributed by atoms with Crippen LogP contribution in [0.3, 0.4) is 0 Å². The number of carbonyl (C=O) groups is 2. The average Bonchev–Trinajstić information content (AvgIpc) is 3.68. The smallest absolute Gasteiger partial charge is 0.410 e. The number of aryl methyl sites for hydroxylation is 1. The number of oxazole rings is 1. The predicted molar refractivity (Wildman–Crippen MR) is 139 cm³/mol. The lowest BCUT2D eigenvalue weighted by molar-refractivity contribution is -0.150. The van der Waals surface area contributed by atoms with Crippen LogP contribution in [0.4, 0.5) is 22.4 Å². The first-order chi connectivity index (χ1) is 19.6. The molecule has 41 heavy (non-hydrogen) atoms. The number of alkyl halides is 4. The highest BCUT2D eigenvalue weighted by atomic mass is 19.4. The van der Waals surface area contributed by atoms with Crippen molar-refractivity contribution in [1.29, 1.82) is 0 Å². The van der Waals surface area contributed by atoms with Crippen molar-refractivity contribution >= 4 is 23.0 Å². The zero-order chi connectivity index (χ0) is 29.3. The molecule has 2 fully saturated rings. The van der Waals surface area contributed by atoms with Gasteiger partial charge < -0.3 is 24.7 Å². The van der Waals surface area contributed by atoms with E-state index in [-0.39, 0.29) is 24.3 Å². The number of fused-ring (bicyclic) bond motifs is 1. The first-order valence-corrected chi connectivity index (χ1v) is 13.6. The molecule has 3 heterocycles. The zero-order valence-corrected chi connectivity index (χ0v) is 22.7. The lowest BCUT2D eigenvalue weighted by Crippen LogP contribution is -2.40. The Balaban J connectivity index is 1.45. The molecule has 10 nitrogen and oxygen atoms in total. The van der Waals surface area contributed by atoms with Gasteiger partial charge in [-0.3, -0.25) is 9.48 Å². The topological polar surface area (TPSA) is 115 Å². The van der Waals surface area contributed by atoms with Crippen LogP contribution in [0.2, 0.25) is 0 Å². The molecule has 2 aliphatic rings. The Labute approximate surface area is 233 Å². The summed E-state index contributed by atoms with van der Waals surface area (Å²) in [6, 6.07) is 2.26. The SMILES string of the molecule is CCn1nccc1C(=O)NC(c1nc2cc(C(COC)N3CC(C(F)(F)F)NC3=O)ccc2o1)C1CCC(F)CC1. The van der Waals surface area contributed by atoms with Crippen LogP contribution in [-0.4, -0.2) is 70.3 Å². The van der Waals surface area contributed by atoms with E-state index in [9.17, 15) is 27.2 Å². The number of methoxy groups -OCH3 is 1. The first kappa shape index (κ1) is 28.8. The summed E-state index contributed by atoms with van der Waals surface area (Å²) in [4.78, 5) is 31.4. The van der Waals surface area contributed by atoms with Crippen LogP contribution in [0.1, 0.15) is 66.6 Å². The van der Waals surface area contributed by atoms with E-state index in [1.54, 1.807) is 28.9 Å². The number of nitrogens with zero attached hydrogens (tertiary/aromatic N) is 4. The highest BCUT2D eigenvalue weighted by Gasteiger charge is 2.48. The van der Waals surface area contributed by atoms with E-state index in [1.807, 2.05) is 12.2 Å². The maximum atomic E-state index is 14.0. The molecule has 1 saturated carbocycles. The van der Waals surface area contributed by atoms with E-state index in [0.717, 1.165) is 4.90 Å². The molecule has 1 aliphatic heterocycles. The van der Waals surface area contributed by atoms with E-state index in [4.69, 9.17) is 9.15 Å². The summed E-state index contributed by atoms with van der Waals surface area (Å²) in [7, 11) is 1.40. The van der Waals surface area contributed by atoms with Crippen LogP contribution < -0.4 is 10.6 Å². The number of halogens is 4. The maximum absolute atomic E-state index is 14.0. The Morgan fingerprint density at radius 1 is 1.24 bits per heavy atom. The molecular formula is C27H32F4N6O4. The van der Waals surface area contributed by atoms with Gasteiger partial charge >= 0.3 is 12.2 Å². The number of carbonyl (C=O) groups excluding carboxylic acids is 2. The number of aromatic nitrogens is 3. The van der Waals surface area contributed by atoms with Crippen molar-refractivity contribution in [2.24, 2.45) is 5.92 Å². The summed E-state index contributed by atoms with van der Waals surface area (Å²) in [5, 5.41) is 9.15. The van der Waals surface area contributed by atoms with E-state index < -0.39 is 43.0 Å². The van der Waals surface area contributed by atoms with Gasteiger partial charge in [0, 0.05) is 19.9 Å². The van der Waals surface area contributed by atoms with Gasteiger partial charge in [0.05, 0.1) is 19.2 Å². The van der Waals surface area contributed by atoms with Gasteiger partial charge in [0.2, 0.25) is 5.89 Å². The Morgan fingerprint density at radius 2 is 2.00 bits per heavy atom. The third-order valence-corrected chi connectivity index (χ3v) is 7.82. The molecule has 14 heteroatoms. The van der Waals surface area contributed by atoms with E-state index in [0.29, 0.717) is 54.6 Å². The highest BCUT2D eigenvalue weighted by Crippen LogP contribution is 2.37. The number of rotatable bonds is 9. The number of ether oxygens (including phenoxy) is 1. The largest absolute Gasteiger partial charge is 0.438 e. The summed E-state index contributed by atoms with van der Waals surface area (Å²) in [6.07, 6.45) is -2.15. The first-order valence-electron chi connectivity index (χ1n) is 13.6. The Kier molecular flexibility index (Phi) is 8.20. The third-order valence-electron chi connectivity index (χ3n) is 7.82. The second-order valence-corrected chi connectivity index (χ2v) is 10.4. The lowest BCUT2D eigenvalue weighted by atomic mass is 9.83. The second-order valence-electron chi connectivity index (χ2n) is 10.4. The van der Waals surface area contributed by atoms with Crippen LogP contribution in [0.5, 0.6) is 0 Å². The van der Waals surface area contributed by atoms with Crippen LogP contribution >= 0.6 is 0 Å². The van der Waals surface area contributed by atoms with Gasteiger partial charge in [0.25, 0.3) is 5.91 Å². The molecule has 0 spiro atoms. The van der Waals surface area contributed by atoms with Crippen LogP contribution in [0, 0.1) is 5.92 Å². The van der Waals surface area contributed by atoms with Gasteiger partial charge in [-0.05, 0) is 62.3 Å². The molecule has 1 saturated heterocycles. The molecule has 3 atom stereocenters. The molecule has 3 unspecified atom stereocenters. The standard InChI is InChI=1S/C27H32F4N6O4/c1-3-37-19(10-11-32-37)24(38)35-23(15-4-7-17(28)8-5-15)25-33-18-12-16(6-9-21(18)41-25)20(14-40-2)36-13-22(27(29,30)31)34-26(36)39/h6,9-12,15,17,20,22-23H,3-5,7-8,13-14H2,1-2H3,(H,34,39)(H,35,38). The lowest BCUT2D eigenvalue weighted by Gasteiger charge is -2.30. The molecule has 1 aromatic carbocycles. The van der Waals surface area contributed by atoms with Gasteiger partial charge in [-0.15, -0.1) is 0 Å². The minimum absolute atomic E-state index is 0.0372. The van der Waals surface area contributed by atoms with Gasteiger partial charge in [0.1, 0.15) is 29.5 Å². The molecule has 0 radical (unpaired) electrons.